The summed E-state index contributed by atoms with van der Waals surface area (Å²) in [4.78, 5) is 0.211. The first-order chi connectivity index (χ1) is 8.92. The monoisotopic (exact) mass is 298 g/mol. The molecule has 0 amide bonds. The van der Waals surface area contributed by atoms with Gasteiger partial charge in [0.15, 0.2) is 0 Å². The van der Waals surface area contributed by atoms with E-state index in [0.29, 0.717) is 17.1 Å². The molecule has 0 radical (unpaired) electrons. The maximum absolute atomic E-state index is 12.3. The highest BCUT2D eigenvalue weighted by atomic mass is 32.2. The summed E-state index contributed by atoms with van der Waals surface area (Å²) >= 11 is 1.19. The van der Waals surface area contributed by atoms with E-state index in [1.54, 1.807) is 26.0 Å². The molecule has 1 heterocycles. The molecule has 0 atom stereocenters. The number of aromatic nitrogens is 2. The predicted octanol–water partition coefficient (Wildman–Crippen LogP) is 1.41. The molecule has 2 rings (SSSR count). The van der Waals surface area contributed by atoms with Crippen molar-refractivity contribution in [3.63, 3.8) is 0 Å². The molecular formula is C11H14N4O2S2. The molecule has 0 aliphatic carbocycles. The topological polar surface area (TPSA) is 98.0 Å². The van der Waals surface area contributed by atoms with Gasteiger partial charge in [-0.3, -0.25) is 4.72 Å². The molecule has 0 spiro atoms. The predicted molar refractivity (Wildman–Crippen MR) is 74.5 cm³/mol. The maximum atomic E-state index is 12.3. The molecule has 2 aromatic rings. The van der Waals surface area contributed by atoms with Gasteiger partial charge >= 0.3 is 0 Å². The highest BCUT2D eigenvalue weighted by Crippen LogP contribution is 2.22. The van der Waals surface area contributed by atoms with Crippen LogP contribution in [-0.2, 0) is 16.6 Å². The van der Waals surface area contributed by atoms with Gasteiger partial charge in [0, 0.05) is 6.54 Å². The molecule has 8 heteroatoms. The molecule has 1 aromatic heterocycles. The lowest BCUT2D eigenvalue weighted by Crippen LogP contribution is -2.15. The Hall–Kier alpha value is -1.51. The van der Waals surface area contributed by atoms with Gasteiger partial charge in [-0.25, -0.2) is 8.42 Å². The summed E-state index contributed by atoms with van der Waals surface area (Å²) in [5, 5.41) is 8.48. The van der Waals surface area contributed by atoms with Crippen LogP contribution in [0, 0.1) is 13.8 Å². The number of hydrogen-bond acceptors (Lipinski definition) is 6. The van der Waals surface area contributed by atoms with Crippen molar-refractivity contribution >= 4 is 26.5 Å². The van der Waals surface area contributed by atoms with Crippen LogP contribution >= 0.6 is 11.3 Å². The fraction of sp³-hybridized carbons (Fsp3) is 0.273. The minimum Gasteiger partial charge on any atom is -0.326 e. The van der Waals surface area contributed by atoms with Crippen LogP contribution in [0.5, 0.6) is 0 Å². The molecule has 102 valence electrons. The zero-order valence-corrected chi connectivity index (χ0v) is 12.2. The van der Waals surface area contributed by atoms with Crippen molar-refractivity contribution < 1.29 is 8.42 Å². The van der Waals surface area contributed by atoms with Crippen LogP contribution < -0.4 is 10.5 Å². The molecule has 0 bridgehead atoms. The van der Waals surface area contributed by atoms with E-state index in [2.05, 4.69) is 14.9 Å². The highest BCUT2D eigenvalue weighted by Gasteiger charge is 2.19. The number of benzene rings is 1. The molecular weight excluding hydrogens is 284 g/mol. The third kappa shape index (κ3) is 3.09. The molecule has 6 nitrogen and oxygen atoms in total. The molecule has 0 unspecified atom stereocenters. The first-order valence-corrected chi connectivity index (χ1v) is 7.85. The third-order valence-corrected chi connectivity index (χ3v) is 4.89. The molecule has 3 N–H and O–H groups in total. The number of nitrogens with zero attached hydrogens (tertiary/aromatic N) is 2. The summed E-state index contributed by atoms with van der Waals surface area (Å²) < 4.78 is 27.0. The van der Waals surface area contributed by atoms with Crippen molar-refractivity contribution in [2.24, 2.45) is 5.73 Å². The molecule has 0 aliphatic rings. The number of aryl methyl sites for hydroxylation is 2. The normalized spacial score (nSPS) is 11.5. The Bertz CT molecular complexity index is 694. The summed E-state index contributed by atoms with van der Waals surface area (Å²) in [6, 6.07) is 5.12. The van der Waals surface area contributed by atoms with Gasteiger partial charge in [0.1, 0.15) is 5.01 Å². The summed E-state index contributed by atoms with van der Waals surface area (Å²) in [6.07, 6.45) is 0. The Balaban J connectivity index is 2.39. The lowest BCUT2D eigenvalue weighted by Gasteiger charge is -2.09. The van der Waals surface area contributed by atoms with Crippen LogP contribution in [0.4, 0.5) is 5.13 Å². The number of anilines is 1. The largest absolute Gasteiger partial charge is 0.326 e. The van der Waals surface area contributed by atoms with Gasteiger partial charge in [0.2, 0.25) is 5.13 Å². The molecule has 1 aromatic carbocycles. The minimum atomic E-state index is -3.66. The number of nitrogens with two attached hydrogens (primary N) is 1. The number of hydrogen-bond donors (Lipinski definition) is 2. The first kappa shape index (κ1) is 13.9. The average Bonchev–Trinajstić information content (AvgIpc) is 2.74. The zero-order chi connectivity index (χ0) is 14.0. The zero-order valence-electron chi connectivity index (χ0n) is 10.5. The van der Waals surface area contributed by atoms with Gasteiger partial charge in [-0.15, -0.1) is 10.2 Å². The summed E-state index contributed by atoms with van der Waals surface area (Å²) in [7, 11) is -3.66. The highest BCUT2D eigenvalue weighted by molar-refractivity contribution is 7.93. The van der Waals surface area contributed by atoms with E-state index in [4.69, 9.17) is 5.73 Å². The van der Waals surface area contributed by atoms with E-state index < -0.39 is 10.0 Å². The lowest BCUT2D eigenvalue weighted by atomic mass is 10.1. The first-order valence-electron chi connectivity index (χ1n) is 5.55. The van der Waals surface area contributed by atoms with Gasteiger partial charge < -0.3 is 5.73 Å². The summed E-state index contributed by atoms with van der Waals surface area (Å²) in [5.74, 6) is 0. The number of rotatable bonds is 4. The van der Waals surface area contributed by atoms with Gasteiger partial charge in [-0.2, -0.15) is 0 Å². The summed E-state index contributed by atoms with van der Waals surface area (Å²) in [6.45, 7) is 3.79. The van der Waals surface area contributed by atoms with Crippen LogP contribution in [0.2, 0.25) is 0 Å². The molecule has 0 fully saturated rings. The molecule has 19 heavy (non-hydrogen) atoms. The van der Waals surface area contributed by atoms with Crippen LogP contribution in [-0.4, -0.2) is 18.6 Å². The van der Waals surface area contributed by atoms with Gasteiger partial charge in [0.05, 0.1) is 4.90 Å². The van der Waals surface area contributed by atoms with Crippen molar-refractivity contribution in [3.8, 4) is 0 Å². The fourth-order valence-electron chi connectivity index (χ4n) is 1.57. The van der Waals surface area contributed by atoms with E-state index in [0.717, 1.165) is 5.56 Å². The van der Waals surface area contributed by atoms with Crippen LogP contribution in [0.3, 0.4) is 0 Å². The van der Waals surface area contributed by atoms with Gasteiger partial charge in [-0.1, -0.05) is 23.5 Å². The average molecular weight is 298 g/mol. The van der Waals surface area contributed by atoms with Crippen LogP contribution in [0.15, 0.2) is 23.1 Å². The van der Waals surface area contributed by atoms with Crippen molar-refractivity contribution in [1.82, 2.24) is 10.2 Å². The van der Waals surface area contributed by atoms with E-state index in [1.807, 2.05) is 6.07 Å². The Morgan fingerprint density at radius 1 is 1.32 bits per heavy atom. The van der Waals surface area contributed by atoms with Crippen molar-refractivity contribution in [1.29, 1.82) is 0 Å². The molecule has 0 saturated heterocycles. The smallest absolute Gasteiger partial charge is 0.263 e. The second-order valence-electron chi connectivity index (χ2n) is 4.04. The molecule has 0 saturated carbocycles. The number of sulfonamides is 1. The Morgan fingerprint density at radius 3 is 2.63 bits per heavy atom. The van der Waals surface area contributed by atoms with Crippen molar-refractivity contribution in [3.05, 3.63) is 34.3 Å². The Labute approximate surface area is 115 Å². The van der Waals surface area contributed by atoms with E-state index in [1.165, 1.54) is 11.3 Å². The SMILES string of the molecule is Cc1nnc(NS(=O)(=O)c2cc(CN)ccc2C)s1. The fourth-order valence-corrected chi connectivity index (χ4v) is 3.69. The summed E-state index contributed by atoms with van der Waals surface area (Å²) in [5.41, 5.74) is 6.95. The van der Waals surface area contributed by atoms with Gasteiger partial charge in [-0.05, 0) is 31.0 Å². The number of nitrogens with one attached hydrogen (secondary N) is 1. The van der Waals surface area contributed by atoms with E-state index in [9.17, 15) is 8.42 Å². The minimum absolute atomic E-state index is 0.211. The van der Waals surface area contributed by atoms with E-state index in [-0.39, 0.29) is 10.0 Å². The maximum Gasteiger partial charge on any atom is 0.263 e. The second-order valence-corrected chi connectivity index (χ2v) is 6.87. The van der Waals surface area contributed by atoms with Crippen molar-refractivity contribution in [2.75, 3.05) is 4.72 Å². The van der Waals surface area contributed by atoms with Gasteiger partial charge in [0.25, 0.3) is 10.0 Å². The Kier molecular flexibility index (Phi) is 3.83. The van der Waals surface area contributed by atoms with Crippen LogP contribution in [0.1, 0.15) is 16.1 Å². The van der Waals surface area contributed by atoms with Crippen molar-refractivity contribution in [2.45, 2.75) is 25.3 Å². The van der Waals surface area contributed by atoms with E-state index >= 15 is 0 Å². The standard InChI is InChI=1S/C11H14N4O2S2/c1-7-3-4-9(6-12)5-10(7)19(16,17)15-11-14-13-8(2)18-11/h3-5H,6,12H2,1-2H3,(H,14,15). The molecule has 0 aliphatic heterocycles. The van der Waals surface area contributed by atoms with Crippen LogP contribution in [0.25, 0.3) is 0 Å². The quantitative estimate of drug-likeness (QED) is 0.889. The second kappa shape index (κ2) is 5.24. The lowest BCUT2D eigenvalue weighted by molar-refractivity contribution is 0.600. The third-order valence-electron chi connectivity index (χ3n) is 2.53. The Morgan fingerprint density at radius 2 is 2.05 bits per heavy atom.